The Hall–Kier alpha value is -2.86. The Morgan fingerprint density at radius 3 is 2.90 bits per heavy atom. The molecule has 2 heterocycles. The molecular weight excluding hydrogens is 270 g/mol. The number of carbonyl (C=O) groups excluding carboxylic acids is 1. The number of carbonyl (C=O) groups is 1. The quantitative estimate of drug-likeness (QED) is 0.767. The van der Waals surface area contributed by atoms with Crippen LogP contribution in [0.2, 0.25) is 0 Å². The number of rotatable bonds is 4. The van der Waals surface area contributed by atoms with Crippen molar-refractivity contribution in [1.82, 2.24) is 4.98 Å². The van der Waals surface area contributed by atoms with E-state index in [2.05, 4.69) is 10.3 Å². The molecule has 6 nitrogen and oxygen atoms in total. The highest BCUT2D eigenvalue weighted by Crippen LogP contribution is 2.22. The monoisotopic (exact) mass is 283 g/mol. The number of hydrogen-bond donors (Lipinski definition) is 2. The van der Waals surface area contributed by atoms with Crippen LogP contribution < -0.4 is 11.1 Å². The zero-order valence-corrected chi connectivity index (χ0v) is 11.1. The van der Waals surface area contributed by atoms with Gasteiger partial charge >= 0.3 is 0 Å². The Bertz CT molecular complexity index is 747. The summed E-state index contributed by atoms with van der Waals surface area (Å²) in [4.78, 5) is 15.9. The first-order valence-corrected chi connectivity index (χ1v) is 6.35. The zero-order valence-electron chi connectivity index (χ0n) is 11.1. The van der Waals surface area contributed by atoms with E-state index in [4.69, 9.17) is 14.6 Å². The molecule has 1 aromatic carbocycles. The van der Waals surface area contributed by atoms with Gasteiger partial charge in [0.1, 0.15) is 5.76 Å². The van der Waals surface area contributed by atoms with Crippen LogP contribution in [-0.4, -0.2) is 10.9 Å². The fraction of sp³-hybridized carbons (Fsp3) is 0.0667. The predicted octanol–water partition coefficient (Wildman–Crippen LogP) is 2.65. The van der Waals surface area contributed by atoms with E-state index in [1.165, 1.54) is 6.39 Å². The second kappa shape index (κ2) is 5.64. The van der Waals surface area contributed by atoms with E-state index in [1.807, 2.05) is 12.1 Å². The Morgan fingerprint density at radius 2 is 2.19 bits per heavy atom. The lowest BCUT2D eigenvalue weighted by atomic mass is 10.1. The van der Waals surface area contributed by atoms with Crippen LogP contribution in [0.5, 0.6) is 0 Å². The van der Waals surface area contributed by atoms with Gasteiger partial charge in [0.15, 0.2) is 17.9 Å². The third-order valence-electron chi connectivity index (χ3n) is 2.92. The Morgan fingerprint density at radius 1 is 1.29 bits per heavy atom. The first-order valence-electron chi connectivity index (χ1n) is 6.35. The molecule has 3 N–H and O–H groups in total. The summed E-state index contributed by atoms with van der Waals surface area (Å²) in [6, 6.07) is 10.5. The molecule has 0 saturated carbocycles. The molecule has 0 aliphatic heterocycles. The van der Waals surface area contributed by atoms with Gasteiger partial charge in [0.25, 0.3) is 5.91 Å². The fourth-order valence-electron chi connectivity index (χ4n) is 1.91. The average molecular weight is 283 g/mol. The zero-order chi connectivity index (χ0) is 14.7. The van der Waals surface area contributed by atoms with Crippen LogP contribution in [0.3, 0.4) is 0 Å². The molecule has 1 amide bonds. The molecule has 0 spiro atoms. The number of oxazole rings is 1. The Balaban J connectivity index is 1.78. The van der Waals surface area contributed by atoms with Gasteiger partial charge in [-0.2, -0.15) is 0 Å². The van der Waals surface area contributed by atoms with Crippen molar-refractivity contribution in [3.05, 3.63) is 60.5 Å². The van der Waals surface area contributed by atoms with Crippen molar-refractivity contribution in [3.8, 4) is 11.3 Å². The Kier molecular flexibility index (Phi) is 3.53. The van der Waals surface area contributed by atoms with Crippen LogP contribution in [0.15, 0.2) is 57.8 Å². The summed E-state index contributed by atoms with van der Waals surface area (Å²) in [5, 5.41) is 2.76. The molecule has 6 heteroatoms. The van der Waals surface area contributed by atoms with Gasteiger partial charge in [0.05, 0.1) is 12.7 Å². The van der Waals surface area contributed by atoms with Crippen LogP contribution in [-0.2, 0) is 6.54 Å². The minimum absolute atomic E-state index is 0.223. The van der Waals surface area contributed by atoms with Gasteiger partial charge in [-0.25, -0.2) is 4.98 Å². The first kappa shape index (κ1) is 13.1. The second-order valence-corrected chi connectivity index (χ2v) is 4.37. The number of nitrogens with one attached hydrogen (secondary N) is 1. The average Bonchev–Trinajstić information content (AvgIpc) is 3.19. The molecule has 0 aliphatic rings. The number of anilines is 1. The highest BCUT2D eigenvalue weighted by molar-refractivity contribution is 6.02. The van der Waals surface area contributed by atoms with E-state index in [0.29, 0.717) is 17.2 Å². The molecule has 0 fully saturated rings. The van der Waals surface area contributed by atoms with Gasteiger partial charge in [0, 0.05) is 11.3 Å². The van der Waals surface area contributed by atoms with Gasteiger partial charge in [-0.15, -0.1) is 0 Å². The predicted molar refractivity (Wildman–Crippen MR) is 76.5 cm³/mol. The molecule has 0 aliphatic carbocycles. The third kappa shape index (κ3) is 2.85. The lowest BCUT2D eigenvalue weighted by Crippen LogP contribution is -2.10. The molecule has 0 saturated heterocycles. The van der Waals surface area contributed by atoms with Gasteiger partial charge < -0.3 is 19.9 Å². The molecule has 106 valence electrons. The van der Waals surface area contributed by atoms with Crippen molar-refractivity contribution < 1.29 is 13.6 Å². The van der Waals surface area contributed by atoms with Crippen molar-refractivity contribution in [1.29, 1.82) is 0 Å². The van der Waals surface area contributed by atoms with Gasteiger partial charge in [-0.1, -0.05) is 12.1 Å². The summed E-state index contributed by atoms with van der Waals surface area (Å²) in [5.74, 6) is 1.09. The van der Waals surface area contributed by atoms with Gasteiger partial charge in [-0.3, -0.25) is 4.79 Å². The van der Waals surface area contributed by atoms with Crippen LogP contribution in [0.1, 0.15) is 16.3 Å². The summed E-state index contributed by atoms with van der Waals surface area (Å²) < 4.78 is 10.5. The highest BCUT2D eigenvalue weighted by atomic mass is 16.4. The maximum absolute atomic E-state index is 12.1. The van der Waals surface area contributed by atoms with Crippen molar-refractivity contribution >= 4 is 11.6 Å². The number of hydrogen-bond acceptors (Lipinski definition) is 5. The van der Waals surface area contributed by atoms with E-state index in [1.54, 1.807) is 30.5 Å². The van der Waals surface area contributed by atoms with Crippen molar-refractivity contribution in [2.75, 3.05) is 5.32 Å². The van der Waals surface area contributed by atoms with E-state index < -0.39 is 0 Å². The van der Waals surface area contributed by atoms with E-state index in [-0.39, 0.29) is 18.2 Å². The van der Waals surface area contributed by atoms with E-state index in [0.717, 1.165) is 5.56 Å². The van der Waals surface area contributed by atoms with Crippen molar-refractivity contribution in [2.45, 2.75) is 6.54 Å². The highest BCUT2D eigenvalue weighted by Gasteiger charge is 2.11. The molecule has 0 radical (unpaired) electrons. The van der Waals surface area contributed by atoms with Crippen LogP contribution >= 0.6 is 0 Å². The summed E-state index contributed by atoms with van der Waals surface area (Å²) in [6.45, 7) is 0.258. The molecule has 3 rings (SSSR count). The number of furan rings is 1. The fourth-order valence-corrected chi connectivity index (χ4v) is 1.91. The lowest BCUT2D eigenvalue weighted by Gasteiger charge is -2.04. The number of nitrogens with two attached hydrogens (primary N) is 1. The lowest BCUT2D eigenvalue weighted by molar-refractivity contribution is 0.0995. The van der Waals surface area contributed by atoms with Crippen LogP contribution in [0.25, 0.3) is 11.3 Å². The van der Waals surface area contributed by atoms with Gasteiger partial charge in [0.2, 0.25) is 0 Å². The van der Waals surface area contributed by atoms with E-state index >= 15 is 0 Å². The standard InChI is InChI=1S/C15H13N3O3/c16-7-12-4-5-13(21-12)15(19)18-11-3-1-2-10(6-11)14-8-17-9-20-14/h1-6,8-9H,7,16H2,(H,18,19). The van der Waals surface area contributed by atoms with E-state index in [9.17, 15) is 4.79 Å². The maximum atomic E-state index is 12.1. The number of amides is 1. The number of benzene rings is 1. The summed E-state index contributed by atoms with van der Waals surface area (Å²) >= 11 is 0. The normalized spacial score (nSPS) is 10.5. The van der Waals surface area contributed by atoms with Crippen LogP contribution in [0, 0.1) is 0 Å². The summed E-state index contributed by atoms with van der Waals surface area (Å²) in [7, 11) is 0. The van der Waals surface area contributed by atoms with Crippen LogP contribution in [0.4, 0.5) is 5.69 Å². The maximum Gasteiger partial charge on any atom is 0.291 e. The minimum Gasteiger partial charge on any atom is -0.455 e. The largest absolute Gasteiger partial charge is 0.455 e. The summed E-state index contributed by atoms with van der Waals surface area (Å²) in [6.07, 6.45) is 2.97. The topological polar surface area (TPSA) is 94.3 Å². The smallest absolute Gasteiger partial charge is 0.291 e. The molecule has 0 bridgehead atoms. The SMILES string of the molecule is NCc1ccc(C(=O)Nc2cccc(-c3cnco3)c2)o1. The van der Waals surface area contributed by atoms with Crippen molar-refractivity contribution in [2.24, 2.45) is 5.73 Å². The Labute approximate surface area is 120 Å². The van der Waals surface area contributed by atoms with Gasteiger partial charge in [-0.05, 0) is 24.3 Å². The third-order valence-corrected chi connectivity index (χ3v) is 2.92. The first-order chi connectivity index (χ1) is 10.3. The molecule has 0 unspecified atom stereocenters. The number of aromatic nitrogens is 1. The number of nitrogens with zero attached hydrogens (tertiary/aromatic N) is 1. The summed E-state index contributed by atoms with van der Waals surface area (Å²) in [5.41, 5.74) is 6.91. The second-order valence-electron chi connectivity index (χ2n) is 4.37. The van der Waals surface area contributed by atoms with Crippen molar-refractivity contribution in [3.63, 3.8) is 0 Å². The molecule has 2 aromatic heterocycles. The molecule has 21 heavy (non-hydrogen) atoms. The molecule has 0 atom stereocenters. The minimum atomic E-state index is -0.329. The molecule has 3 aromatic rings. The molecular formula is C15H13N3O3.